The Balaban J connectivity index is 1.55. The van der Waals surface area contributed by atoms with Crippen LogP contribution in [0.1, 0.15) is 32.6 Å². The number of aromatic nitrogens is 4. The van der Waals surface area contributed by atoms with Crippen molar-refractivity contribution in [3.8, 4) is 0 Å². The van der Waals surface area contributed by atoms with Gasteiger partial charge in [0, 0.05) is 44.0 Å². The molecule has 8 heteroatoms. The Morgan fingerprint density at radius 3 is 2.54 bits per heavy atom. The summed E-state index contributed by atoms with van der Waals surface area (Å²) in [7, 11) is 3.68. The zero-order chi connectivity index (χ0) is 23.9. The molecule has 0 bridgehead atoms. The van der Waals surface area contributed by atoms with Gasteiger partial charge in [-0.3, -0.25) is 9.98 Å². The number of anilines is 3. The van der Waals surface area contributed by atoms with E-state index in [1.807, 2.05) is 37.2 Å². The van der Waals surface area contributed by atoms with Gasteiger partial charge in [-0.15, -0.1) is 0 Å². The number of allylic oxidation sites excluding steroid dienone is 5. The number of H-pyrrole nitrogens is 2. The number of aliphatic imine (C=N–C) groups is 2. The average molecular weight is 467 g/mol. The molecule has 2 N–H and O–H groups in total. The topological polar surface area (TPSA) is 88.6 Å². The number of likely N-dealkylation sites (tertiary alicyclic amines) is 1. The van der Waals surface area contributed by atoms with Crippen LogP contribution in [0.3, 0.4) is 0 Å². The second kappa shape index (κ2) is 8.69. The van der Waals surface area contributed by atoms with E-state index in [9.17, 15) is 0 Å². The zero-order valence-corrected chi connectivity index (χ0v) is 20.5. The van der Waals surface area contributed by atoms with Crippen molar-refractivity contribution in [1.82, 2.24) is 24.8 Å². The first kappa shape index (κ1) is 21.6. The Morgan fingerprint density at radius 2 is 1.74 bits per heavy atom. The summed E-state index contributed by atoms with van der Waals surface area (Å²) >= 11 is 0. The van der Waals surface area contributed by atoms with E-state index in [4.69, 9.17) is 9.97 Å². The minimum absolute atomic E-state index is 0.722. The summed E-state index contributed by atoms with van der Waals surface area (Å²) < 4.78 is 0. The van der Waals surface area contributed by atoms with Crippen LogP contribution in [0.25, 0.3) is 11.1 Å². The van der Waals surface area contributed by atoms with Crippen molar-refractivity contribution in [2.75, 3.05) is 32.1 Å². The molecule has 35 heavy (non-hydrogen) atoms. The summed E-state index contributed by atoms with van der Waals surface area (Å²) in [5, 5.41) is 0. The molecule has 4 aliphatic heterocycles. The van der Waals surface area contributed by atoms with Crippen LogP contribution in [-0.4, -0.2) is 63.4 Å². The molecule has 2 aliphatic carbocycles. The fraction of sp³-hybridized carbons (Fsp3) is 0.333. The molecular weight excluding hydrogens is 436 g/mol. The van der Waals surface area contributed by atoms with E-state index >= 15 is 0 Å². The molecule has 4 heterocycles. The largest absolute Gasteiger partial charge is 0.371 e. The maximum Gasteiger partial charge on any atom is 0.218 e. The average Bonchev–Trinajstić information content (AvgIpc) is 3.43. The molecule has 0 spiro atoms. The van der Waals surface area contributed by atoms with Gasteiger partial charge < -0.3 is 14.9 Å². The second-order valence-electron chi connectivity index (χ2n) is 9.30. The van der Waals surface area contributed by atoms with E-state index in [0.29, 0.717) is 0 Å². The minimum atomic E-state index is 0.722. The molecule has 0 unspecified atom stereocenters. The SMILES string of the molecule is CN=C1C=C(N2CCCC2)C=C/C1=c1\[nH]c2cccc3n/c(=C4/CCC(C)=CC4=NC)nc([nH]1)N32. The van der Waals surface area contributed by atoms with Gasteiger partial charge in [0.15, 0.2) is 5.48 Å². The highest BCUT2D eigenvalue weighted by molar-refractivity contribution is 6.28. The van der Waals surface area contributed by atoms with Crippen molar-refractivity contribution in [1.29, 1.82) is 0 Å². The van der Waals surface area contributed by atoms with E-state index in [1.54, 1.807) is 0 Å². The van der Waals surface area contributed by atoms with Crippen LogP contribution in [0.2, 0.25) is 0 Å². The summed E-state index contributed by atoms with van der Waals surface area (Å²) in [6.07, 6.45) is 13.0. The van der Waals surface area contributed by atoms with E-state index in [0.717, 1.165) is 77.0 Å². The first-order valence-corrected chi connectivity index (χ1v) is 12.3. The number of rotatable bonds is 1. The molecule has 1 saturated heterocycles. The van der Waals surface area contributed by atoms with E-state index < -0.39 is 0 Å². The maximum atomic E-state index is 4.98. The Labute approximate surface area is 204 Å². The van der Waals surface area contributed by atoms with Gasteiger partial charge >= 0.3 is 0 Å². The van der Waals surface area contributed by atoms with Gasteiger partial charge in [-0.1, -0.05) is 11.6 Å². The number of aromatic amines is 2. The third-order valence-electron chi connectivity index (χ3n) is 7.04. The molecule has 0 radical (unpaired) electrons. The molecule has 6 rings (SSSR count). The maximum absolute atomic E-state index is 4.98. The molecular formula is C27H30N8. The first-order valence-electron chi connectivity index (χ1n) is 12.3. The lowest BCUT2D eigenvalue weighted by Gasteiger charge is -2.27. The predicted molar refractivity (Wildman–Crippen MR) is 142 cm³/mol. The lowest BCUT2D eigenvalue weighted by Crippen LogP contribution is -2.35. The quantitative estimate of drug-likeness (QED) is 0.576. The first-order chi connectivity index (χ1) is 17.1. The Bertz CT molecular complexity index is 1490. The van der Waals surface area contributed by atoms with Gasteiger partial charge in [-0.2, -0.15) is 4.98 Å². The summed E-state index contributed by atoms with van der Waals surface area (Å²) in [6, 6.07) is 6.07. The summed E-state index contributed by atoms with van der Waals surface area (Å²) in [5.41, 5.74) is 8.16. The highest BCUT2D eigenvalue weighted by Gasteiger charge is 2.25. The van der Waals surface area contributed by atoms with Crippen molar-refractivity contribution in [3.05, 3.63) is 64.7 Å². The summed E-state index contributed by atoms with van der Waals surface area (Å²) in [4.78, 5) is 30.5. The van der Waals surface area contributed by atoms with Gasteiger partial charge in [-0.25, -0.2) is 9.88 Å². The van der Waals surface area contributed by atoms with Crippen LogP contribution in [0.5, 0.6) is 0 Å². The number of nitrogens with one attached hydrogen (secondary N) is 2. The van der Waals surface area contributed by atoms with E-state index in [1.165, 1.54) is 24.1 Å². The Morgan fingerprint density at radius 1 is 0.914 bits per heavy atom. The highest BCUT2D eigenvalue weighted by atomic mass is 15.4. The van der Waals surface area contributed by atoms with Gasteiger partial charge in [-0.05, 0) is 69.0 Å². The van der Waals surface area contributed by atoms with Crippen LogP contribution in [0.4, 0.5) is 17.6 Å². The van der Waals surface area contributed by atoms with Crippen LogP contribution >= 0.6 is 0 Å². The Kier molecular flexibility index (Phi) is 5.36. The van der Waals surface area contributed by atoms with Crippen LogP contribution < -0.4 is 15.9 Å². The third-order valence-corrected chi connectivity index (χ3v) is 7.04. The molecule has 178 valence electrons. The highest BCUT2D eigenvalue weighted by Crippen LogP contribution is 2.31. The third kappa shape index (κ3) is 3.79. The molecule has 0 aromatic carbocycles. The summed E-state index contributed by atoms with van der Waals surface area (Å²) in [6.45, 7) is 4.37. The van der Waals surface area contributed by atoms with Crippen LogP contribution in [0, 0.1) is 0 Å². The fourth-order valence-electron chi connectivity index (χ4n) is 5.17. The van der Waals surface area contributed by atoms with Crippen molar-refractivity contribution < 1.29 is 0 Å². The van der Waals surface area contributed by atoms with Crippen molar-refractivity contribution in [2.45, 2.75) is 32.6 Å². The number of nitrogens with zero attached hydrogens (tertiary/aromatic N) is 6. The second-order valence-corrected chi connectivity index (χ2v) is 9.30. The monoisotopic (exact) mass is 466 g/mol. The van der Waals surface area contributed by atoms with E-state index in [-0.39, 0.29) is 0 Å². The zero-order valence-electron chi connectivity index (χ0n) is 20.5. The van der Waals surface area contributed by atoms with Gasteiger partial charge in [0.1, 0.15) is 17.1 Å². The molecule has 6 aliphatic rings. The van der Waals surface area contributed by atoms with Crippen LogP contribution in [-0.2, 0) is 0 Å². The number of hydrogen-bond donors (Lipinski definition) is 2. The predicted octanol–water partition coefficient (Wildman–Crippen LogP) is 3.21. The van der Waals surface area contributed by atoms with Crippen molar-refractivity contribution >= 4 is 40.2 Å². The number of hydrogen-bond acceptors (Lipinski definition) is 6. The molecule has 0 aromatic rings. The molecule has 0 saturated carbocycles. The Hall–Kier alpha value is -3.94. The smallest absolute Gasteiger partial charge is 0.218 e. The molecule has 8 nitrogen and oxygen atoms in total. The molecule has 0 atom stereocenters. The lowest BCUT2D eigenvalue weighted by atomic mass is 9.94. The summed E-state index contributed by atoms with van der Waals surface area (Å²) in [5.74, 6) is 2.48. The van der Waals surface area contributed by atoms with E-state index in [2.05, 4.69) is 56.1 Å². The minimum Gasteiger partial charge on any atom is -0.371 e. The van der Waals surface area contributed by atoms with Gasteiger partial charge in [0.05, 0.1) is 11.4 Å². The fourth-order valence-corrected chi connectivity index (χ4v) is 5.17. The molecule has 1 fully saturated rings. The molecule has 0 aromatic heterocycles. The standard InChI is InChI=1S/C27H30N8/c1-17-9-11-19(21(15-17)28-2)25-30-23-7-6-8-24-31-26(33-27(32-25)35(23)24)20-12-10-18(16-22(20)29-3)34-13-4-5-14-34/h6-8,10,12,15-16,31H,4-5,9,11,13-14H2,1-3H3,(H,32,33)/b25-19+,26-20-,28-21?,29-22?. The molecule has 0 amide bonds. The van der Waals surface area contributed by atoms with Crippen molar-refractivity contribution in [2.24, 2.45) is 9.98 Å². The normalized spacial score (nSPS) is 24.7. The lowest BCUT2D eigenvalue weighted by molar-refractivity contribution is 0.441. The van der Waals surface area contributed by atoms with Gasteiger partial charge in [0.25, 0.3) is 0 Å². The van der Waals surface area contributed by atoms with Crippen molar-refractivity contribution in [3.63, 3.8) is 0 Å². The van der Waals surface area contributed by atoms with Crippen LogP contribution in [0.15, 0.2) is 63.8 Å². The van der Waals surface area contributed by atoms with Gasteiger partial charge in [0.2, 0.25) is 5.95 Å².